The van der Waals surface area contributed by atoms with Crippen LogP contribution in [-0.4, -0.2) is 9.13 Å². The number of fused-ring (bicyclic) bond motifs is 6. The van der Waals surface area contributed by atoms with E-state index >= 15 is 0 Å². The van der Waals surface area contributed by atoms with Gasteiger partial charge in [-0.1, -0.05) is 30.4 Å². The smallest absolute Gasteiger partial charge is 0.0991 e. The summed E-state index contributed by atoms with van der Waals surface area (Å²) in [4.78, 5) is 0. The highest BCUT2D eigenvalue weighted by Gasteiger charge is 2.32. The minimum Gasteiger partial charge on any atom is -0.331 e. The lowest BCUT2D eigenvalue weighted by Gasteiger charge is -2.27. The summed E-state index contributed by atoms with van der Waals surface area (Å²) in [5, 5.41) is 30.8. The van der Waals surface area contributed by atoms with E-state index in [1.807, 2.05) is 42.5 Å². The van der Waals surface area contributed by atoms with Crippen LogP contribution in [0.3, 0.4) is 0 Å². The van der Waals surface area contributed by atoms with Crippen molar-refractivity contribution < 1.29 is 0 Å². The van der Waals surface area contributed by atoms with Crippen LogP contribution in [0.4, 0.5) is 0 Å². The Kier molecular flexibility index (Phi) is 4.83. The van der Waals surface area contributed by atoms with Gasteiger partial charge in [0.05, 0.1) is 41.1 Å². The van der Waals surface area contributed by atoms with Gasteiger partial charge in [-0.25, -0.2) is 0 Å². The van der Waals surface area contributed by atoms with Crippen molar-refractivity contribution in [2.45, 2.75) is 25.3 Å². The highest BCUT2D eigenvalue weighted by molar-refractivity contribution is 6.08. The van der Waals surface area contributed by atoms with E-state index in [1.165, 1.54) is 11.4 Å². The second kappa shape index (κ2) is 8.38. The van der Waals surface area contributed by atoms with Crippen LogP contribution in [0.1, 0.15) is 52.5 Å². The number of hydrogen-bond acceptors (Lipinski definition) is 3. The molecule has 1 unspecified atom stereocenters. The Morgan fingerprint density at radius 2 is 1.50 bits per heavy atom. The molecule has 2 aliphatic carbocycles. The van der Waals surface area contributed by atoms with E-state index in [1.54, 1.807) is 0 Å². The Balaban J connectivity index is 1.56. The second-order valence-electron chi connectivity index (χ2n) is 9.82. The van der Waals surface area contributed by atoms with Crippen molar-refractivity contribution in [1.29, 1.82) is 15.8 Å². The number of nitrogens with zero attached hydrogens (tertiary/aromatic N) is 5. The van der Waals surface area contributed by atoms with Crippen molar-refractivity contribution in [2.24, 2.45) is 0 Å². The fourth-order valence-electron chi connectivity index (χ4n) is 6.22. The summed E-state index contributed by atoms with van der Waals surface area (Å²) >= 11 is 0. The number of benzene rings is 3. The van der Waals surface area contributed by atoms with Crippen molar-refractivity contribution in [1.82, 2.24) is 9.13 Å². The Morgan fingerprint density at radius 1 is 0.737 bits per heavy atom. The maximum absolute atomic E-state index is 9.68. The van der Waals surface area contributed by atoms with Crippen LogP contribution >= 0.6 is 0 Å². The molecule has 0 N–H and O–H groups in total. The third-order valence-corrected chi connectivity index (χ3v) is 7.85. The molecule has 0 amide bonds. The zero-order chi connectivity index (χ0) is 25.8. The van der Waals surface area contributed by atoms with Crippen molar-refractivity contribution in [3.05, 3.63) is 112 Å². The number of para-hydroxylation sites is 1. The summed E-state index contributed by atoms with van der Waals surface area (Å²) in [5.74, 6) is 0. The summed E-state index contributed by atoms with van der Waals surface area (Å²) < 4.78 is 4.77. The molecule has 5 aromatic rings. The SMILES string of the molecule is N#CC1=Cc2c3c(n(-c4ccc(C#N)cc4)c2CC1)C(n1c2ccccc2c2cc(C#N)ccc21)CC=C3. The standard InChI is InChI=1S/C33H21N5/c34-18-21-8-12-24(13-9-21)37-30-14-10-23(20-36)17-28(30)26-5-3-7-32(33(26)37)38-29-6-2-1-4-25(29)27-16-22(19-35)11-15-31(27)38/h1-6,8-9,11-13,15-17,32H,7,10,14H2. The zero-order valence-electron chi connectivity index (χ0n) is 20.5. The highest BCUT2D eigenvalue weighted by atomic mass is 15.1. The predicted octanol–water partition coefficient (Wildman–Crippen LogP) is 7.19. The molecule has 0 bridgehead atoms. The van der Waals surface area contributed by atoms with E-state index in [4.69, 9.17) is 0 Å². The molecular weight excluding hydrogens is 466 g/mol. The fourth-order valence-corrected chi connectivity index (χ4v) is 6.22. The van der Waals surface area contributed by atoms with Gasteiger partial charge >= 0.3 is 0 Å². The molecule has 2 heterocycles. The molecule has 0 saturated carbocycles. The lowest BCUT2D eigenvalue weighted by Crippen LogP contribution is -2.18. The van der Waals surface area contributed by atoms with Crippen molar-refractivity contribution in [2.75, 3.05) is 0 Å². The minimum atomic E-state index is 0.00511. The maximum atomic E-state index is 9.68. The van der Waals surface area contributed by atoms with E-state index in [9.17, 15) is 15.8 Å². The van der Waals surface area contributed by atoms with Crippen LogP contribution in [0, 0.1) is 34.0 Å². The van der Waals surface area contributed by atoms with Gasteiger partial charge in [-0.3, -0.25) is 0 Å². The molecule has 0 fully saturated rings. The van der Waals surface area contributed by atoms with E-state index in [2.05, 4.69) is 69.8 Å². The quantitative estimate of drug-likeness (QED) is 0.264. The third kappa shape index (κ3) is 3.08. The van der Waals surface area contributed by atoms with Gasteiger partial charge in [-0.15, -0.1) is 0 Å². The van der Waals surface area contributed by atoms with E-state index in [-0.39, 0.29) is 6.04 Å². The van der Waals surface area contributed by atoms with Gasteiger partial charge in [-0.2, -0.15) is 15.8 Å². The summed E-state index contributed by atoms with van der Waals surface area (Å²) in [6.07, 6.45) is 8.78. The molecule has 178 valence electrons. The number of hydrogen-bond donors (Lipinski definition) is 0. The first-order chi connectivity index (χ1) is 18.7. The summed E-state index contributed by atoms with van der Waals surface area (Å²) in [6.45, 7) is 0. The van der Waals surface area contributed by atoms with Gasteiger partial charge in [0.1, 0.15) is 0 Å². The molecule has 7 rings (SSSR count). The van der Waals surface area contributed by atoms with Gasteiger partial charge in [0.25, 0.3) is 0 Å². The molecule has 2 aromatic heterocycles. The van der Waals surface area contributed by atoms with Crippen LogP contribution in [0.5, 0.6) is 0 Å². The summed E-state index contributed by atoms with van der Waals surface area (Å²) in [6, 6.07) is 29.0. The van der Waals surface area contributed by atoms with Crippen molar-refractivity contribution >= 4 is 34.0 Å². The first-order valence-corrected chi connectivity index (χ1v) is 12.7. The Morgan fingerprint density at radius 3 is 2.29 bits per heavy atom. The molecule has 1 atom stereocenters. The minimum absolute atomic E-state index is 0.00511. The van der Waals surface area contributed by atoms with Crippen LogP contribution in [0.25, 0.3) is 39.6 Å². The van der Waals surface area contributed by atoms with E-state index in [0.717, 1.165) is 57.0 Å². The molecule has 0 spiro atoms. The summed E-state index contributed by atoms with van der Waals surface area (Å²) in [5.41, 5.74) is 9.95. The number of allylic oxidation sites excluding steroid dienone is 2. The van der Waals surface area contributed by atoms with Gasteiger partial charge < -0.3 is 9.13 Å². The lowest BCUT2D eigenvalue weighted by molar-refractivity contribution is 0.590. The van der Waals surface area contributed by atoms with Crippen molar-refractivity contribution in [3.63, 3.8) is 0 Å². The second-order valence-corrected chi connectivity index (χ2v) is 9.82. The Labute approximate surface area is 220 Å². The molecule has 5 nitrogen and oxygen atoms in total. The number of rotatable bonds is 2. The normalized spacial score (nSPS) is 15.8. The van der Waals surface area contributed by atoms with Gasteiger partial charge in [0.2, 0.25) is 0 Å². The van der Waals surface area contributed by atoms with Crippen LogP contribution in [-0.2, 0) is 6.42 Å². The molecule has 0 aliphatic heterocycles. The van der Waals surface area contributed by atoms with Crippen LogP contribution in [0.15, 0.2) is 78.4 Å². The average Bonchev–Trinajstić information content (AvgIpc) is 3.49. The largest absolute Gasteiger partial charge is 0.331 e. The first-order valence-electron chi connectivity index (χ1n) is 12.7. The monoisotopic (exact) mass is 487 g/mol. The maximum Gasteiger partial charge on any atom is 0.0991 e. The van der Waals surface area contributed by atoms with Gasteiger partial charge in [0.15, 0.2) is 0 Å². The number of nitriles is 3. The lowest BCUT2D eigenvalue weighted by atomic mass is 9.92. The Hall–Kier alpha value is -5.31. The molecule has 0 saturated heterocycles. The van der Waals surface area contributed by atoms with Crippen LogP contribution < -0.4 is 0 Å². The highest BCUT2D eigenvalue weighted by Crippen LogP contribution is 2.45. The van der Waals surface area contributed by atoms with Gasteiger partial charge in [0, 0.05) is 49.9 Å². The molecule has 2 aliphatic rings. The van der Waals surface area contributed by atoms with Gasteiger partial charge in [-0.05, 0) is 73.9 Å². The van der Waals surface area contributed by atoms with Crippen LogP contribution in [0.2, 0.25) is 0 Å². The fraction of sp³-hybridized carbons (Fsp3) is 0.121. The molecule has 38 heavy (non-hydrogen) atoms. The molecule has 3 aromatic carbocycles. The van der Waals surface area contributed by atoms with Crippen molar-refractivity contribution in [3.8, 4) is 23.9 Å². The molecule has 5 heteroatoms. The summed E-state index contributed by atoms with van der Waals surface area (Å²) in [7, 11) is 0. The topological polar surface area (TPSA) is 81.2 Å². The van der Waals surface area contributed by atoms with E-state index < -0.39 is 0 Å². The Bertz CT molecular complexity index is 1970. The zero-order valence-corrected chi connectivity index (χ0v) is 20.5. The average molecular weight is 488 g/mol. The third-order valence-electron chi connectivity index (χ3n) is 7.85. The predicted molar refractivity (Wildman–Crippen MR) is 148 cm³/mol. The number of aromatic nitrogens is 2. The molecule has 0 radical (unpaired) electrons. The molecular formula is C33H21N5. The van der Waals surface area contributed by atoms with E-state index in [0.29, 0.717) is 17.5 Å². The first kappa shape index (κ1) is 21.9.